The van der Waals surface area contributed by atoms with Gasteiger partial charge in [-0.25, -0.2) is 0 Å². The second kappa shape index (κ2) is 7.97. The van der Waals surface area contributed by atoms with E-state index in [1.165, 1.54) is 11.8 Å². The van der Waals surface area contributed by atoms with Gasteiger partial charge in [-0.15, -0.1) is 16.8 Å². The topological polar surface area (TPSA) is 59.8 Å². The molecule has 0 saturated carbocycles. The molecule has 0 aliphatic heterocycles. The smallest absolute Gasteiger partial charge is 0.233 e. The molecule has 1 amide bonds. The van der Waals surface area contributed by atoms with Crippen molar-refractivity contribution in [3.05, 3.63) is 42.5 Å². The number of nitrogens with zero attached hydrogens (tertiary/aromatic N) is 3. The Morgan fingerprint density at radius 1 is 1.43 bits per heavy atom. The average molecular weight is 330 g/mol. The lowest BCUT2D eigenvalue weighted by Gasteiger charge is -2.12. The minimum Gasteiger partial charge on any atom is -0.352 e. The van der Waals surface area contributed by atoms with Gasteiger partial charge >= 0.3 is 0 Å². The normalized spacial score (nSPS) is 12.0. The third-order valence-electron chi connectivity index (χ3n) is 3.49. The fourth-order valence-corrected chi connectivity index (χ4v) is 3.15. The summed E-state index contributed by atoms with van der Waals surface area (Å²) in [4.78, 5) is 12.0. The molecule has 0 unspecified atom stereocenters. The van der Waals surface area contributed by atoms with Gasteiger partial charge < -0.3 is 9.88 Å². The molecule has 2 rings (SSSR count). The van der Waals surface area contributed by atoms with Crippen molar-refractivity contribution in [3.8, 4) is 11.4 Å². The molecule has 2 aromatic rings. The first-order valence-corrected chi connectivity index (χ1v) is 8.50. The van der Waals surface area contributed by atoms with Crippen molar-refractivity contribution < 1.29 is 4.79 Å². The van der Waals surface area contributed by atoms with Crippen LogP contribution in [0.2, 0.25) is 0 Å². The summed E-state index contributed by atoms with van der Waals surface area (Å²) < 4.78 is 2.05. The number of aryl methyl sites for hydroxylation is 1. The van der Waals surface area contributed by atoms with Gasteiger partial charge in [0.1, 0.15) is 0 Å². The number of carbonyl (C=O) groups excluding carboxylic acids is 1. The summed E-state index contributed by atoms with van der Waals surface area (Å²) in [5.74, 6) is 0.810. The van der Waals surface area contributed by atoms with E-state index in [-0.39, 0.29) is 11.2 Å². The standard InChI is InChI=1S/C17H22N4OS/c1-5-11-18-16(22)13(4)23-17-20-19-15(21(17)6-2)14-10-8-7-9-12(14)3/h5,7-10,13H,1,6,11H2,2-4H3,(H,18,22)/t13-/m0/s1. The third-order valence-corrected chi connectivity index (χ3v) is 4.57. The molecule has 0 spiro atoms. The third kappa shape index (κ3) is 4.01. The summed E-state index contributed by atoms with van der Waals surface area (Å²) in [5.41, 5.74) is 2.22. The van der Waals surface area contributed by atoms with E-state index in [1.54, 1.807) is 6.08 Å². The summed E-state index contributed by atoms with van der Waals surface area (Å²) in [7, 11) is 0. The highest BCUT2D eigenvalue weighted by atomic mass is 32.2. The molecule has 0 saturated heterocycles. The molecule has 1 aromatic carbocycles. The van der Waals surface area contributed by atoms with Crippen molar-refractivity contribution >= 4 is 17.7 Å². The molecular weight excluding hydrogens is 308 g/mol. The maximum atomic E-state index is 12.0. The van der Waals surface area contributed by atoms with Crippen molar-refractivity contribution in [2.24, 2.45) is 0 Å². The van der Waals surface area contributed by atoms with Gasteiger partial charge in [-0.05, 0) is 26.3 Å². The molecule has 0 aliphatic rings. The molecule has 1 N–H and O–H groups in total. The number of rotatable bonds is 7. The lowest BCUT2D eigenvalue weighted by atomic mass is 10.1. The maximum Gasteiger partial charge on any atom is 0.233 e. The van der Waals surface area contributed by atoms with Crippen LogP contribution in [0.5, 0.6) is 0 Å². The number of carbonyl (C=O) groups is 1. The first-order valence-electron chi connectivity index (χ1n) is 7.63. The highest BCUT2D eigenvalue weighted by Crippen LogP contribution is 2.28. The lowest BCUT2D eigenvalue weighted by Crippen LogP contribution is -2.31. The highest BCUT2D eigenvalue weighted by molar-refractivity contribution is 8.00. The Labute approximate surface area is 141 Å². The minimum atomic E-state index is -0.242. The van der Waals surface area contributed by atoms with Crippen LogP contribution in [0.25, 0.3) is 11.4 Å². The Kier molecular flexibility index (Phi) is 5.98. The molecule has 0 fully saturated rings. The van der Waals surface area contributed by atoms with Gasteiger partial charge in [0.25, 0.3) is 0 Å². The molecule has 1 aromatic heterocycles. The minimum absolute atomic E-state index is 0.0296. The number of hydrogen-bond acceptors (Lipinski definition) is 4. The summed E-state index contributed by atoms with van der Waals surface area (Å²) >= 11 is 1.42. The van der Waals surface area contributed by atoms with Crippen molar-refractivity contribution in [1.82, 2.24) is 20.1 Å². The zero-order valence-corrected chi connectivity index (χ0v) is 14.6. The average Bonchev–Trinajstić information content (AvgIpc) is 2.95. The van der Waals surface area contributed by atoms with E-state index in [1.807, 2.05) is 29.7 Å². The maximum absolute atomic E-state index is 12.0. The summed E-state index contributed by atoms with van der Waals surface area (Å²) in [5, 5.41) is 11.9. The largest absolute Gasteiger partial charge is 0.352 e. The number of amides is 1. The summed E-state index contributed by atoms with van der Waals surface area (Å²) in [6, 6.07) is 8.10. The second-order valence-electron chi connectivity index (χ2n) is 5.16. The molecule has 1 heterocycles. The second-order valence-corrected chi connectivity index (χ2v) is 6.47. The van der Waals surface area contributed by atoms with Crippen LogP contribution < -0.4 is 5.32 Å². The fourth-order valence-electron chi connectivity index (χ4n) is 2.21. The molecule has 0 bridgehead atoms. The van der Waals surface area contributed by atoms with E-state index in [0.717, 1.165) is 28.7 Å². The van der Waals surface area contributed by atoms with Crippen molar-refractivity contribution in [3.63, 3.8) is 0 Å². The van der Waals surface area contributed by atoms with Gasteiger partial charge in [0, 0.05) is 18.7 Å². The van der Waals surface area contributed by atoms with Gasteiger partial charge in [0.2, 0.25) is 5.91 Å². The van der Waals surface area contributed by atoms with Gasteiger partial charge in [-0.2, -0.15) is 0 Å². The lowest BCUT2D eigenvalue weighted by molar-refractivity contribution is -0.120. The van der Waals surface area contributed by atoms with Gasteiger partial charge in [0.05, 0.1) is 5.25 Å². The van der Waals surface area contributed by atoms with E-state index in [2.05, 4.69) is 42.0 Å². The van der Waals surface area contributed by atoms with Crippen LogP contribution in [0, 0.1) is 6.92 Å². The van der Waals surface area contributed by atoms with Crippen LogP contribution in [0.3, 0.4) is 0 Å². The number of hydrogen-bond donors (Lipinski definition) is 1. The van der Waals surface area contributed by atoms with Gasteiger partial charge in [-0.3, -0.25) is 4.79 Å². The van der Waals surface area contributed by atoms with E-state index in [9.17, 15) is 4.79 Å². The summed E-state index contributed by atoms with van der Waals surface area (Å²) in [6.45, 7) is 10.8. The van der Waals surface area contributed by atoms with Crippen LogP contribution in [-0.4, -0.2) is 32.5 Å². The summed E-state index contributed by atoms with van der Waals surface area (Å²) in [6.07, 6.45) is 1.67. The molecule has 1 atom stereocenters. The molecule has 122 valence electrons. The predicted molar refractivity (Wildman–Crippen MR) is 94.4 cm³/mol. The number of nitrogens with one attached hydrogen (secondary N) is 1. The van der Waals surface area contributed by atoms with E-state index in [0.29, 0.717) is 6.54 Å². The fraction of sp³-hybridized carbons (Fsp3) is 0.353. The van der Waals surface area contributed by atoms with Crippen LogP contribution in [0.15, 0.2) is 42.1 Å². The monoisotopic (exact) mass is 330 g/mol. The van der Waals surface area contributed by atoms with Crippen LogP contribution in [-0.2, 0) is 11.3 Å². The van der Waals surface area contributed by atoms with E-state index < -0.39 is 0 Å². The SMILES string of the molecule is C=CCNC(=O)[C@H](C)Sc1nnc(-c2ccccc2C)n1CC. The molecule has 5 nitrogen and oxygen atoms in total. The Hall–Kier alpha value is -2.08. The van der Waals surface area contributed by atoms with Crippen molar-refractivity contribution in [2.45, 2.75) is 37.7 Å². The van der Waals surface area contributed by atoms with Gasteiger partial charge in [-0.1, -0.05) is 42.1 Å². The van der Waals surface area contributed by atoms with Crippen LogP contribution in [0.1, 0.15) is 19.4 Å². The van der Waals surface area contributed by atoms with Crippen LogP contribution in [0.4, 0.5) is 0 Å². The molecule has 6 heteroatoms. The van der Waals surface area contributed by atoms with Crippen molar-refractivity contribution in [1.29, 1.82) is 0 Å². The quantitative estimate of drug-likeness (QED) is 0.626. The number of thioether (sulfide) groups is 1. The Morgan fingerprint density at radius 3 is 2.83 bits per heavy atom. The van der Waals surface area contributed by atoms with Crippen LogP contribution >= 0.6 is 11.8 Å². The number of aromatic nitrogens is 3. The molecule has 0 aliphatic carbocycles. The zero-order chi connectivity index (χ0) is 16.8. The highest BCUT2D eigenvalue weighted by Gasteiger charge is 2.20. The number of benzene rings is 1. The van der Waals surface area contributed by atoms with E-state index >= 15 is 0 Å². The Balaban J connectivity index is 2.23. The van der Waals surface area contributed by atoms with Crippen molar-refractivity contribution in [2.75, 3.05) is 6.54 Å². The predicted octanol–water partition coefficient (Wildman–Crippen LogP) is 3.06. The zero-order valence-electron chi connectivity index (χ0n) is 13.7. The Bertz CT molecular complexity index is 696. The first-order chi connectivity index (χ1) is 11.1. The molecule has 23 heavy (non-hydrogen) atoms. The first kappa shape index (κ1) is 17.3. The molecule has 0 radical (unpaired) electrons. The van der Waals surface area contributed by atoms with E-state index in [4.69, 9.17) is 0 Å². The Morgan fingerprint density at radius 2 is 2.17 bits per heavy atom. The molecular formula is C17H22N4OS. The van der Waals surface area contributed by atoms with Gasteiger partial charge in [0.15, 0.2) is 11.0 Å².